The van der Waals surface area contributed by atoms with Crippen molar-refractivity contribution >= 4 is 27.5 Å². The maximum atomic E-state index is 12.7. The summed E-state index contributed by atoms with van der Waals surface area (Å²) in [4.78, 5) is 37.0. The standard InChI is InChI=1S/C17H13F3N2O4S/c1-21-14-11(7-12(27-14)15(24)26-9-17(18,19)20)13(23)22(16(21)25)8-10-5-3-2-4-6-10/h2-7H,8-9H2,1H3. The van der Waals surface area contributed by atoms with Gasteiger partial charge in [-0.15, -0.1) is 11.3 Å². The van der Waals surface area contributed by atoms with Crippen molar-refractivity contribution < 1.29 is 22.7 Å². The molecule has 3 aromatic rings. The van der Waals surface area contributed by atoms with E-state index in [4.69, 9.17) is 0 Å². The number of alkyl halides is 3. The summed E-state index contributed by atoms with van der Waals surface area (Å²) >= 11 is 0.734. The van der Waals surface area contributed by atoms with Gasteiger partial charge in [-0.25, -0.2) is 9.59 Å². The summed E-state index contributed by atoms with van der Waals surface area (Å²) in [6.45, 7) is -1.69. The molecule has 0 fully saturated rings. The van der Waals surface area contributed by atoms with E-state index in [1.165, 1.54) is 11.6 Å². The monoisotopic (exact) mass is 398 g/mol. The molecule has 27 heavy (non-hydrogen) atoms. The van der Waals surface area contributed by atoms with Gasteiger partial charge in [0.25, 0.3) is 5.56 Å². The number of halogens is 3. The predicted octanol–water partition coefficient (Wildman–Crippen LogP) is 2.53. The Morgan fingerprint density at radius 2 is 1.85 bits per heavy atom. The van der Waals surface area contributed by atoms with Crippen molar-refractivity contribution in [2.24, 2.45) is 7.05 Å². The highest BCUT2D eigenvalue weighted by atomic mass is 32.1. The lowest BCUT2D eigenvalue weighted by Gasteiger charge is -2.08. The number of hydrogen-bond donors (Lipinski definition) is 0. The van der Waals surface area contributed by atoms with Gasteiger partial charge in [-0.2, -0.15) is 13.2 Å². The van der Waals surface area contributed by atoms with Crippen LogP contribution in [0.25, 0.3) is 10.2 Å². The second-order valence-electron chi connectivity index (χ2n) is 5.74. The van der Waals surface area contributed by atoms with Gasteiger partial charge in [0.15, 0.2) is 6.61 Å². The number of rotatable bonds is 4. The van der Waals surface area contributed by atoms with E-state index in [0.29, 0.717) is 0 Å². The van der Waals surface area contributed by atoms with Crippen LogP contribution >= 0.6 is 11.3 Å². The van der Waals surface area contributed by atoms with Crippen molar-refractivity contribution in [1.29, 1.82) is 0 Å². The molecule has 0 unspecified atom stereocenters. The van der Waals surface area contributed by atoms with Crippen LogP contribution in [0.5, 0.6) is 0 Å². The number of hydrogen-bond acceptors (Lipinski definition) is 5. The van der Waals surface area contributed by atoms with E-state index in [-0.39, 0.29) is 21.6 Å². The van der Waals surface area contributed by atoms with E-state index in [9.17, 15) is 27.6 Å². The van der Waals surface area contributed by atoms with Crippen LogP contribution in [-0.4, -0.2) is 27.9 Å². The summed E-state index contributed by atoms with van der Waals surface area (Å²) in [6.07, 6.45) is -4.65. The maximum Gasteiger partial charge on any atom is 0.422 e. The van der Waals surface area contributed by atoms with Gasteiger partial charge in [0.1, 0.15) is 9.71 Å². The van der Waals surface area contributed by atoms with Crippen molar-refractivity contribution in [3.05, 3.63) is 67.7 Å². The Balaban J connectivity index is 2.03. The zero-order valence-electron chi connectivity index (χ0n) is 13.9. The van der Waals surface area contributed by atoms with Gasteiger partial charge < -0.3 is 4.74 Å². The molecule has 0 saturated heterocycles. The number of ether oxygens (including phenoxy) is 1. The molecule has 1 aromatic carbocycles. The van der Waals surface area contributed by atoms with E-state index in [2.05, 4.69) is 4.74 Å². The molecule has 142 valence electrons. The molecule has 2 heterocycles. The molecular weight excluding hydrogens is 385 g/mol. The SMILES string of the molecule is Cn1c(=O)n(Cc2ccccc2)c(=O)c2cc(C(=O)OCC(F)(F)F)sc21. The second-order valence-corrected chi connectivity index (χ2v) is 6.77. The van der Waals surface area contributed by atoms with Crippen molar-refractivity contribution in [2.45, 2.75) is 12.7 Å². The summed E-state index contributed by atoms with van der Waals surface area (Å²) in [5.74, 6) is -1.20. The molecule has 10 heteroatoms. The fourth-order valence-electron chi connectivity index (χ4n) is 2.51. The normalized spacial score (nSPS) is 11.7. The topological polar surface area (TPSA) is 70.3 Å². The summed E-state index contributed by atoms with van der Waals surface area (Å²) in [5, 5.41) is 0.0667. The molecule has 0 aliphatic rings. The molecule has 0 radical (unpaired) electrons. The van der Waals surface area contributed by atoms with Crippen LogP contribution in [0, 0.1) is 0 Å². The zero-order chi connectivity index (χ0) is 19.8. The lowest BCUT2D eigenvalue weighted by molar-refractivity contribution is -0.161. The molecular formula is C17H13F3N2O4S. The third-order valence-corrected chi connectivity index (χ3v) is 4.95. The van der Waals surface area contributed by atoms with Crippen molar-refractivity contribution in [2.75, 3.05) is 6.61 Å². The number of thiophene rings is 1. The van der Waals surface area contributed by atoms with Gasteiger partial charge in [-0.1, -0.05) is 30.3 Å². The third kappa shape index (κ3) is 3.95. The average molecular weight is 398 g/mol. The van der Waals surface area contributed by atoms with Crippen LogP contribution in [0.3, 0.4) is 0 Å². The Morgan fingerprint density at radius 1 is 1.19 bits per heavy atom. The molecule has 0 aliphatic carbocycles. The van der Waals surface area contributed by atoms with Gasteiger partial charge in [-0.05, 0) is 11.6 Å². The smallest absolute Gasteiger partial charge is 0.422 e. The van der Waals surface area contributed by atoms with Crippen LogP contribution in [-0.2, 0) is 18.3 Å². The van der Waals surface area contributed by atoms with Crippen LogP contribution in [0.2, 0.25) is 0 Å². The highest BCUT2D eigenvalue weighted by Gasteiger charge is 2.30. The number of carbonyl (C=O) groups excluding carboxylic acids is 1. The molecule has 0 saturated carbocycles. The molecule has 0 aliphatic heterocycles. The summed E-state index contributed by atoms with van der Waals surface area (Å²) in [6, 6.07) is 9.99. The summed E-state index contributed by atoms with van der Waals surface area (Å²) in [5.41, 5.74) is -0.479. The lowest BCUT2D eigenvalue weighted by atomic mass is 10.2. The molecule has 0 amide bonds. The van der Waals surface area contributed by atoms with Crippen molar-refractivity contribution in [1.82, 2.24) is 9.13 Å². The quantitative estimate of drug-likeness (QED) is 0.634. The summed E-state index contributed by atoms with van der Waals surface area (Å²) in [7, 11) is 1.42. The number of fused-ring (bicyclic) bond motifs is 1. The van der Waals surface area contributed by atoms with Crippen molar-refractivity contribution in [3.63, 3.8) is 0 Å². The Morgan fingerprint density at radius 3 is 2.48 bits per heavy atom. The first-order valence-corrected chi connectivity index (χ1v) is 8.50. The first-order valence-electron chi connectivity index (χ1n) is 7.68. The third-order valence-electron chi connectivity index (χ3n) is 3.76. The molecule has 0 atom stereocenters. The zero-order valence-corrected chi connectivity index (χ0v) is 14.8. The first-order chi connectivity index (χ1) is 12.7. The van der Waals surface area contributed by atoms with E-state index in [1.54, 1.807) is 30.3 Å². The maximum absolute atomic E-state index is 12.7. The number of esters is 1. The minimum Gasteiger partial charge on any atom is -0.452 e. The lowest BCUT2D eigenvalue weighted by Crippen LogP contribution is -2.38. The molecule has 0 spiro atoms. The van der Waals surface area contributed by atoms with E-state index < -0.39 is 30.0 Å². The molecule has 3 rings (SSSR count). The van der Waals surface area contributed by atoms with E-state index in [0.717, 1.165) is 27.5 Å². The number of aromatic nitrogens is 2. The van der Waals surface area contributed by atoms with Gasteiger partial charge in [0.05, 0.1) is 11.9 Å². The minimum absolute atomic E-state index is 0.0337. The average Bonchev–Trinajstić information content (AvgIpc) is 3.07. The molecule has 0 bridgehead atoms. The molecule has 6 nitrogen and oxygen atoms in total. The number of benzene rings is 1. The fourth-order valence-corrected chi connectivity index (χ4v) is 3.51. The number of nitrogens with zero attached hydrogens (tertiary/aromatic N) is 2. The van der Waals surface area contributed by atoms with Crippen LogP contribution in [0.4, 0.5) is 13.2 Å². The second kappa shape index (κ2) is 7.03. The largest absolute Gasteiger partial charge is 0.452 e. The summed E-state index contributed by atoms with van der Waals surface area (Å²) < 4.78 is 43.0. The Bertz CT molecular complexity index is 1110. The fraction of sp³-hybridized carbons (Fsp3) is 0.235. The predicted molar refractivity (Wildman–Crippen MR) is 93.2 cm³/mol. The number of aryl methyl sites for hydroxylation is 1. The van der Waals surface area contributed by atoms with E-state index >= 15 is 0 Å². The highest BCUT2D eigenvalue weighted by Crippen LogP contribution is 2.23. The Labute approximate surface area is 154 Å². The van der Waals surface area contributed by atoms with Gasteiger partial charge in [-0.3, -0.25) is 13.9 Å². The van der Waals surface area contributed by atoms with E-state index in [1.807, 2.05) is 0 Å². The van der Waals surface area contributed by atoms with Crippen LogP contribution in [0.15, 0.2) is 46.0 Å². The van der Waals surface area contributed by atoms with Gasteiger partial charge in [0.2, 0.25) is 0 Å². The number of carbonyl (C=O) groups is 1. The molecule has 2 aromatic heterocycles. The van der Waals surface area contributed by atoms with Gasteiger partial charge in [0, 0.05) is 7.05 Å². The minimum atomic E-state index is -4.65. The van der Waals surface area contributed by atoms with Gasteiger partial charge >= 0.3 is 17.8 Å². The van der Waals surface area contributed by atoms with Crippen LogP contribution in [0.1, 0.15) is 15.2 Å². The first kappa shape index (κ1) is 18.9. The highest BCUT2D eigenvalue weighted by molar-refractivity contribution is 7.20. The molecule has 0 N–H and O–H groups in total. The van der Waals surface area contributed by atoms with Crippen LogP contribution < -0.4 is 11.2 Å². The Hall–Kier alpha value is -2.88. The van der Waals surface area contributed by atoms with Crippen molar-refractivity contribution in [3.8, 4) is 0 Å². The Kier molecular flexibility index (Phi) is 4.92.